The topological polar surface area (TPSA) is 57.8 Å². The monoisotopic (exact) mass is 245 g/mol. The van der Waals surface area contributed by atoms with Gasteiger partial charge >= 0.3 is 6.09 Å². The first-order valence-corrected chi connectivity index (χ1v) is 6.14. The van der Waals surface area contributed by atoms with Gasteiger partial charge in [-0.2, -0.15) is 0 Å². The van der Waals surface area contributed by atoms with E-state index in [0.29, 0.717) is 19.0 Å². The molecule has 1 aliphatic heterocycles. The van der Waals surface area contributed by atoms with E-state index in [0.717, 1.165) is 18.5 Å². The fourth-order valence-corrected chi connectivity index (χ4v) is 2.58. The number of rotatable bonds is 1. The Labute approximate surface area is 105 Å². The summed E-state index contributed by atoms with van der Waals surface area (Å²) in [5.74, 6) is 0.451. The third-order valence-corrected chi connectivity index (χ3v) is 3.65. The second-order valence-corrected chi connectivity index (χ2v) is 4.70. The average Bonchev–Trinajstić information content (AvgIpc) is 2.86. The normalized spacial score (nSPS) is 17.2. The number of likely N-dealkylation sites (tertiary alicyclic amines) is 1. The molecule has 5 heteroatoms. The van der Waals surface area contributed by atoms with E-state index in [1.165, 1.54) is 10.5 Å². The first kappa shape index (κ1) is 11.1. The van der Waals surface area contributed by atoms with Crippen LogP contribution in [0.5, 0.6) is 0 Å². The number of hydrogen-bond acceptors (Lipinski definition) is 2. The summed E-state index contributed by atoms with van der Waals surface area (Å²) in [4.78, 5) is 16.6. The molecule has 0 radical (unpaired) electrons. The highest BCUT2D eigenvalue weighted by Gasteiger charge is 2.23. The Balaban J connectivity index is 1.77. The quantitative estimate of drug-likeness (QED) is 0.837. The fraction of sp³-hybridized carbons (Fsp3) is 0.385. The Morgan fingerprint density at radius 3 is 2.83 bits per heavy atom. The first-order chi connectivity index (χ1) is 8.74. The number of carboxylic acid groups (broad SMARTS) is 1. The highest BCUT2D eigenvalue weighted by Crippen LogP contribution is 2.28. The predicted octanol–water partition coefficient (Wildman–Crippen LogP) is 2.19. The van der Waals surface area contributed by atoms with Gasteiger partial charge in [-0.05, 0) is 30.4 Å². The van der Waals surface area contributed by atoms with Crippen LogP contribution in [0.3, 0.4) is 0 Å². The molecule has 2 aromatic heterocycles. The summed E-state index contributed by atoms with van der Waals surface area (Å²) >= 11 is 0. The molecule has 0 bridgehead atoms. The maximum atomic E-state index is 10.9. The molecule has 0 aromatic carbocycles. The van der Waals surface area contributed by atoms with E-state index in [4.69, 9.17) is 5.11 Å². The molecule has 5 nitrogen and oxygen atoms in total. The van der Waals surface area contributed by atoms with E-state index in [2.05, 4.69) is 17.2 Å². The summed E-state index contributed by atoms with van der Waals surface area (Å²) in [6.45, 7) is 1.25. The molecule has 3 rings (SSSR count). The van der Waals surface area contributed by atoms with Crippen LogP contribution >= 0.6 is 0 Å². The van der Waals surface area contributed by atoms with Gasteiger partial charge in [-0.1, -0.05) is 6.07 Å². The largest absolute Gasteiger partial charge is 0.465 e. The van der Waals surface area contributed by atoms with Crippen molar-refractivity contribution < 1.29 is 9.90 Å². The summed E-state index contributed by atoms with van der Waals surface area (Å²) in [6.07, 6.45) is 6.80. The van der Waals surface area contributed by atoms with Crippen molar-refractivity contribution in [3.63, 3.8) is 0 Å². The molecule has 1 aliphatic rings. The third kappa shape index (κ3) is 1.92. The maximum Gasteiger partial charge on any atom is 0.407 e. The number of nitrogens with zero attached hydrogens (tertiary/aromatic N) is 3. The summed E-state index contributed by atoms with van der Waals surface area (Å²) in [7, 11) is 0. The summed E-state index contributed by atoms with van der Waals surface area (Å²) in [5.41, 5.74) is 2.22. The molecule has 2 aromatic rings. The van der Waals surface area contributed by atoms with Crippen molar-refractivity contribution in [1.29, 1.82) is 0 Å². The lowest BCUT2D eigenvalue weighted by Gasteiger charge is -2.30. The van der Waals surface area contributed by atoms with Crippen molar-refractivity contribution in [2.75, 3.05) is 13.1 Å². The van der Waals surface area contributed by atoms with Crippen molar-refractivity contribution in [3.05, 3.63) is 36.3 Å². The zero-order valence-electron chi connectivity index (χ0n) is 9.99. The van der Waals surface area contributed by atoms with Crippen molar-refractivity contribution >= 4 is 11.7 Å². The average molecular weight is 245 g/mol. The molecule has 0 unspecified atom stereocenters. The third-order valence-electron chi connectivity index (χ3n) is 3.65. The van der Waals surface area contributed by atoms with E-state index in [1.807, 2.05) is 16.7 Å². The number of fused-ring (bicyclic) bond motifs is 1. The molecule has 94 valence electrons. The summed E-state index contributed by atoms with van der Waals surface area (Å²) < 4.78 is 2.01. The number of amides is 1. The number of hydrogen-bond donors (Lipinski definition) is 1. The van der Waals surface area contributed by atoms with E-state index >= 15 is 0 Å². The van der Waals surface area contributed by atoms with E-state index in [9.17, 15) is 4.79 Å². The Morgan fingerprint density at radius 1 is 1.33 bits per heavy atom. The van der Waals surface area contributed by atoms with Gasteiger partial charge in [0.25, 0.3) is 0 Å². The van der Waals surface area contributed by atoms with Crippen molar-refractivity contribution in [2.24, 2.45) is 0 Å². The Hall–Kier alpha value is -2.04. The lowest BCUT2D eigenvalue weighted by atomic mass is 9.90. The number of pyridine rings is 1. The van der Waals surface area contributed by atoms with Gasteiger partial charge in [0.15, 0.2) is 0 Å². The minimum Gasteiger partial charge on any atom is -0.465 e. The molecule has 0 atom stereocenters. The molecule has 1 saturated heterocycles. The number of piperidine rings is 1. The standard InChI is InChI=1S/C13H15N3O2/c17-13(18)15-6-3-10(4-7-15)11-1-2-12-14-5-8-16(12)9-11/h1-2,5,8-10H,3-4,6-7H2,(H,17,18). The van der Waals surface area contributed by atoms with Crippen LogP contribution in [0.2, 0.25) is 0 Å². The van der Waals surface area contributed by atoms with Gasteiger partial charge in [0.2, 0.25) is 0 Å². The second-order valence-electron chi connectivity index (χ2n) is 4.70. The fourth-order valence-electron chi connectivity index (χ4n) is 2.58. The molecule has 1 fully saturated rings. The minimum absolute atomic E-state index is 0.451. The van der Waals surface area contributed by atoms with Gasteiger partial charge < -0.3 is 14.4 Å². The predicted molar refractivity (Wildman–Crippen MR) is 66.8 cm³/mol. The Morgan fingerprint density at radius 2 is 2.11 bits per heavy atom. The van der Waals surface area contributed by atoms with Crippen LogP contribution in [0.25, 0.3) is 5.65 Å². The van der Waals surface area contributed by atoms with Crippen LogP contribution in [-0.4, -0.2) is 38.6 Å². The first-order valence-electron chi connectivity index (χ1n) is 6.14. The van der Waals surface area contributed by atoms with Crippen LogP contribution in [0.4, 0.5) is 4.79 Å². The Bertz CT molecular complexity index is 570. The van der Waals surface area contributed by atoms with Gasteiger partial charge in [-0.25, -0.2) is 9.78 Å². The van der Waals surface area contributed by atoms with Crippen molar-refractivity contribution in [2.45, 2.75) is 18.8 Å². The summed E-state index contributed by atoms with van der Waals surface area (Å²) in [6, 6.07) is 4.11. The van der Waals surface area contributed by atoms with Gasteiger partial charge in [0.05, 0.1) is 0 Å². The molecule has 1 N–H and O–H groups in total. The van der Waals surface area contributed by atoms with Crippen LogP contribution in [0.1, 0.15) is 24.3 Å². The van der Waals surface area contributed by atoms with Gasteiger partial charge in [0.1, 0.15) is 5.65 Å². The molecular weight excluding hydrogens is 230 g/mol. The Kier molecular flexibility index (Phi) is 2.66. The van der Waals surface area contributed by atoms with Crippen molar-refractivity contribution in [3.8, 4) is 0 Å². The number of imidazole rings is 1. The zero-order valence-corrected chi connectivity index (χ0v) is 9.99. The van der Waals surface area contributed by atoms with Crippen molar-refractivity contribution in [1.82, 2.24) is 14.3 Å². The van der Waals surface area contributed by atoms with Crippen LogP contribution in [-0.2, 0) is 0 Å². The maximum absolute atomic E-state index is 10.9. The summed E-state index contributed by atoms with van der Waals surface area (Å²) in [5, 5.41) is 8.92. The number of carbonyl (C=O) groups is 1. The van der Waals surface area contributed by atoms with Crippen LogP contribution in [0.15, 0.2) is 30.7 Å². The van der Waals surface area contributed by atoms with E-state index in [1.54, 1.807) is 6.20 Å². The molecule has 3 heterocycles. The smallest absolute Gasteiger partial charge is 0.407 e. The van der Waals surface area contributed by atoms with E-state index in [-0.39, 0.29) is 0 Å². The lowest BCUT2D eigenvalue weighted by molar-refractivity contribution is 0.132. The molecular formula is C13H15N3O2. The lowest BCUT2D eigenvalue weighted by Crippen LogP contribution is -2.36. The van der Waals surface area contributed by atoms with Gasteiger partial charge in [-0.15, -0.1) is 0 Å². The molecule has 1 amide bonds. The molecule has 0 saturated carbocycles. The zero-order chi connectivity index (χ0) is 12.5. The number of aromatic nitrogens is 2. The molecule has 18 heavy (non-hydrogen) atoms. The van der Waals surface area contributed by atoms with E-state index < -0.39 is 6.09 Å². The van der Waals surface area contributed by atoms with Gasteiger partial charge in [-0.3, -0.25) is 0 Å². The highest BCUT2D eigenvalue weighted by atomic mass is 16.4. The second kappa shape index (κ2) is 4.33. The molecule has 0 aliphatic carbocycles. The SMILES string of the molecule is O=C(O)N1CCC(c2ccc3nccn3c2)CC1. The van der Waals surface area contributed by atoms with Crippen LogP contribution < -0.4 is 0 Å². The highest BCUT2D eigenvalue weighted by molar-refractivity contribution is 5.65. The molecule has 0 spiro atoms. The van der Waals surface area contributed by atoms with Gasteiger partial charge in [0, 0.05) is 31.7 Å². The minimum atomic E-state index is -0.807. The van der Waals surface area contributed by atoms with Crippen LogP contribution in [0, 0.1) is 0 Å².